The van der Waals surface area contributed by atoms with Crippen LogP contribution >= 0.6 is 15.6 Å². The number of aliphatic hydroxyl groups excluding tert-OH is 1. The van der Waals surface area contributed by atoms with Crippen LogP contribution in [0.4, 0.5) is 0 Å². The van der Waals surface area contributed by atoms with Gasteiger partial charge in [0.15, 0.2) is 12.2 Å². The van der Waals surface area contributed by atoms with Crippen molar-refractivity contribution in [3.05, 3.63) is 0 Å². The smallest absolute Gasteiger partial charge is 0.462 e. The van der Waals surface area contributed by atoms with Crippen LogP contribution in [0.2, 0.25) is 0 Å². The Bertz CT molecular complexity index is 1950. The van der Waals surface area contributed by atoms with Gasteiger partial charge in [-0.1, -0.05) is 364 Å². The third-order valence-corrected chi connectivity index (χ3v) is 20.7. The highest BCUT2D eigenvalue weighted by atomic mass is 31.2. The van der Waals surface area contributed by atoms with E-state index in [0.29, 0.717) is 31.6 Å². The van der Waals surface area contributed by atoms with Crippen LogP contribution in [0, 0.1) is 23.7 Å². The van der Waals surface area contributed by atoms with E-state index in [2.05, 4.69) is 55.4 Å². The van der Waals surface area contributed by atoms with Crippen molar-refractivity contribution >= 4 is 39.5 Å². The molecule has 0 aromatic heterocycles. The van der Waals surface area contributed by atoms with Crippen molar-refractivity contribution in [3.63, 3.8) is 0 Å². The molecule has 0 aromatic carbocycles. The molecule has 0 fully saturated rings. The fraction of sp³-hybridized carbons (Fsp3) is 0.951. The molecule has 0 aliphatic heterocycles. The second-order valence-electron chi connectivity index (χ2n) is 31.1. The Morgan fingerprint density at radius 2 is 0.420 bits per heavy atom. The van der Waals surface area contributed by atoms with E-state index in [-0.39, 0.29) is 25.7 Å². The lowest BCUT2D eigenvalue weighted by Crippen LogP contribution is -2.30. The van der Waals surface area contributed by atoms with E-state index >= 15 is 0 Å². The second kappa shape index (κ2) is 70.1. The lowest BCUT2D eigenvalue weighted by Gasteiger charge is -2.21. The number of ether oxygens (including phenoxy) is 4. The topological polar surface area (TPSA) is 237 Å². The molecule has 0 rings (SSSR count). The number of phosphoric acid groups is 2. The summed E-state index contributed by atoms with van der Waals surface area (Å²) in [7, 11) is -9.92. The molecule has 0 radical (unpaired) electrons. The minimum atomic E-state index is -4.96. The lowest BCUT2D eigenvalue weighted by molar-refractivity contribution is -0.161. The summed E-state index contributed by atoms with van der Waals surface area (Å²) in [4.78, 5) is 72.9. The Labute approximate surface area is 613 Å². The number of carbonyl (C=O) groups is 4. The normalized spacial score (nSPS) is 14.0. The van der Waals surface area contributed by atoms with Gasteiger partial charge in [-0.2, -0.15) is 0 Å². The first kappa shape index (κ1) is 98.1. The number of hydrogen-bond acceptors (Lipinski definition) is 15. The Balaban J connectivity index is 5.16. The van der Waals surface area contributed by atoms with Crippen LogP contribution in [0.1, 0.15) is 415 Å². The van der Waals surface area contributed by atoms with Gasteiger partial charge in [0.2, 0.25) is 0 Å². The van der Waals surface area contributed by atoms with Gasteiger partial charge in [-0.3, -0.25) is 37.3 Å². The van der Waals surface area contributed by atoms with Crippen LogP contribution in [-0.2, 0) is 65.4 Å². The fourth-order valence-corrected chi connectivity index (χ4v) is 14.0. The average molecular weight is 1470 g/mol. The highest BCUT2D eigenvalue weighted by molar-refractivity contribution is 7.47. The maximum absolute atomic E-state index is 13.1. The standard InChI is InChI=1S/C81H158O17P2/c1-71(2)57-49-41-33-27-23-19-15-11-9-10-12-17-21-25-29-37-47-56-64-81(86)98-77(68-92-79(84)62-54-46-40-39-44-52-60-74(7)8)70-96-100(89,90)94-66-75(82)65-93-99(87,88)95-69-76(67-91-78(83)61-53-45-36-32-31-35-43-51-59-73(5)6)97-80(85)63-55-48-38-30-26-22-18-14-13-16-20-24-28-34-42-50-58-72(3)4/h71-77,82H,9-70H2,1-8H3,(H,87,88)(H,89,90)/t75?,76-,77-/m1/s1. The molecule has 0 saturated heterocycles. The van der Waals surface area contributed by atoms with E-state index in [1.165, 1.54) is 212 Å². The maximum Gasteiger partial charge on any atom is 0.472 e. The van der Waals surface area contributed by atoms with Crippen LogP contribution in [0.15, 0.2) is 0 Å². The minimum absolute atomic E-state index is 0.107. The van der Waals surface area contributed by atoms with Gasteiger partial charge >= 0.3 is 39.5 Å². The highest BCUT2D eigenvalue weighted by Gasteiger charge is 2.30. The van der Waals surface area contributed by atoms with E-state index in [9.17, 15) is 43.2 Å². The number of aliphatic hydroxyl groups is 1. The number of phosphoric ester groups is 2. The van der Waals surface area contributed by atoms with E-state index in [4.69, 9.17) is 37.0 Å². The van der Waals surface area contributed by atoms with Gasteiger partial charge in [-0.15, -0.1) is 0 Å². The highest BCUT2D eigenvalue weighted by Crippen LogP contribution is 2.45. The van der Waals surface area contributed by atoms with Crippen LogP contribution in [0.3, 0.4) is 0 Å². The Hall–Kier alpha value is -1.94. The van der Waals surface area contributed by atoms with Crippen molar-refractivity contribution in [2.75, 3.05) is 39.6 Å². The number of unbranched alkanes of at least 4 members (excludes halogenated alkanes) is 44. The first-order valence-corrected chi connectivity index (χ1v) is 44.7. The Kier molecular flexibility index (Phi) is 68.7. The summed E-state index contributed by atoms with van der Waals surface area (Å²) in [5.74, 6) is 0.917. The molecule has 5 atom stereocenters. The quantitative estimate of drug-likeness (QED) is 0.0222. The zero-order chi connectivity index (χ0) is 73.8. The van der Waals surface area contributed by atoms with E-state index in [1.807, 2.05) is 0 Å². The zero-order valence-electron chi connectivity index (χ0n) is 65.8. The van der Waals surface area contributed by atoms with Crippen molar-refractivity contribution < 1.29 is 80.2 Å². The van der Waals surface area contributed by atoms with E-state index in [1.54, 1.807) is 0 Å². The van der Waals surface area contributed by atoms with Gasteiger partial charge in [-0.05, 0) is 49.4 Å². The number of carbonyl (C=O) groups excluding carboxylic acids is 4. The van der Waals surface area contributed by atoms with Crippen LogP contribution in [0.5, 0.6) is 0 Å². The second-order valence-corrected chi connectivity index (χ2v) is 34.0. The molecular weight excluding hydrogens is 1310 g/mol. The molecule has 0 bridgehead atoms. The predicted molar refractivity (Wildman–Crippen MR) is 409 cm³/mol. The molecule has 0 heterocycles. The molecule has 17 nitrogen and oxygen atoms in total. The number of rotatable bonds is 78. The summed E-state index contributed by atoms with van der Waals surface area (Å²) >= 11 is 0. The summed E-state index contributed by atoms with van der Waals surface area (Å²) in [5.41, 5.74) is 0. The monoisotopic (exact) mass is 1470 g/mol. The SMILES string of the molecule is CC(C)CCCCCCCCCCCCCCCCCCCCC(=O)O[C@H](COC(=O)CCCCCCCCC(C)C)COP(=O)(O)OCC(O)COP(=O)(O)OC[C@@H](COC(=O)CCCCCCCCCCC(C)C)OC(=O)CCCCCCCCCCCCCCCCCCC(C)C. The van der Waals surface area contributed by atoms with Gasteiger partial charge < -0.3 is 33.8 Å². The van der Waals surface area contributed by atoms with Crippen molar-refractivity contribution in [2.24, 2.45) is 23.7 Å². The van der Waals surface area contributed by atoms with Gasteiger partial charge in [-0.25, -0.2) is 9.13 Å². The molecule has 0 saturated carbocycles. The third kappa shape index (κ3) is 74.3. The molecule has 0 aromatic rings. The first-order chi connectivity index (χ1) is 48.1. The van der Waals surface area contributed by atoms with Gasteiger partial charge in [0.25, 0.3) is 0 Å². The van der Waals surface area contributed by atoms with Crippen molar-refractivity contribution in [1.29, 1.82) is 0 Å². The molecule has 19 heteroatoms. The summed E-state index contributed by atoms with van der Waals surface area (Å²) < 4.78 is 68.6. The molecule has 3 N–H and O–H groups in total. The van der Waals surface area contributed by atoms with E-state index in [0.717, 1.165) is 114 Å². The van der Waals surface area contributed by atoms with Crippen molar-refractivity contribution in [2.45, 2.75) is 433 Å². The maximum atomic E-state index is 13.1. The Morgan fingerprint density at radius 1 is 0.250 bits per heavy atom. The number of hydrogen-bond donors (Lipinski definition) is 3. The van der Waals surface area contributed by atoms with Crippen molar-refractivity contribution in [3.8, 4) is 0 Å². The van der Waals surface area contributed by atoms with Crippen LogP contribution in [-0.4, -0.2) is 96.7 Å². The number of esters is 4. The molecule has 100 heavy (non-hydrogen) atoms. The molecule has 0 aliphatic rings. The molecule has 3 unspecified atom stereocenters. The third-order valence-electron chi connectivity index (χ3n) is 18.8. The lowest BCUT2D eigenvalue weighted by atomic mass is 10.0. The largest absolute Gasteiger partial charge is 0.472 e. The molecule has 594 valence electrons. The molecule has 0 spiro atoms. The van der Waals surface area contributed by atoms with Gasteiger partial charge in [0, 0.05) is 25.7 Å². The van der Waals surface area contributed by atoms with Crippen LogP contribution in [0.25, 0.3) is 0 Å². The fourth-order valence-electron chi connectivity index (χ4n) is 12.4. The summed E-state index contributed by atoms with van der Waals surface area (Å²) in [5, 5.41) is 10.6. The van der Waals surface area contributed by atoms with Crippen LogP contribution < -0.4 is 0 Å². The molecule has 0 aliphatic carbocycles. The van der Waals surface area contributed by atoms with Gasteiger partial charge in [0.1, 0.15) is 19.3 Å². The zero-order valence-corrected chi connectivity index (χ0v) is 67.6. The van der Waals surface area contributed by atoms with Gasteiger partial charge in [0.05, 0.1) is 26.4 Å². The minimum Gasteiger partial charge on any atom is -0.462 e. The van der Waals surface area contributed by atoms with E-state index < -0.39 is 97.5 Å². The first-order valence-electron chi connectivity index (χ1n) is 41.7. The Morgan fingerprint density at radius 3 is 0.620 bits per heavy atom. The molecule has 0 amide bonds. The summed E-state index contributed by atoms with van der Waals surface area (Å²) in [6.07, 6.45) is 57.2. The molecular formula is C81H158O17P2. The average Bonchev–Trinajstić information content (AvgIpc) is 0.961. The van der Waals surface area contributed by atoms with Crippen molar-refractivity contribution in [1.82, 2.24) is 0 Å². The predicted octanol–water partition coefficient (Wildman–Crippen LogP) is 24.0. The summed E-state index contributed by atoms with van der Waals surface area (Å²) in [6, 6.07) is 0. The summed E-state index contributed by atoms with van der Waals surface area (Å²) in [6.45, 7) is 14.2.